The third kappa shape index (κ3) is 3.04. The summed E-state index contributed by atoms with van der Waals surface area (Å²) >= 11 is 1.61. The van der Waals surface area contributed by atoms with Gasteiger partial charge in [-0.05, 0) is 6.92 Å². The maximum absolute atomic E-state index is 11.6. The summed E-state index contributed by atoms with van der Waals surface area (Å²) < 4.78 is 0. The van der Waals surface area contributed by atoms with E-state index < -0.39 is 0 Å². The molecule has 0 aliphatic heterocycles. The number of rotatable bonds is 4. The van der Waals surface area contributed by atoms with E-state index in [4.69, 9.17) is 5.73 Å². The quantitative estimate of drug-likeness (QED) is 0.746. The first kappa shape index (κ1) is 11.6. The maximum Gasteiger partial charge on any atom is 0.269 e. The minimum Gasteiger partial charge on any atom is -0.382 e. The number of carbonyl (C=O) groups excluding carboxylic acids is 1. The van der Waals surface area contributed by atoms with Crippen LogP contribution in [0.4, 0.5) is 5.82 Å². The van der Waals surface area contributed by atoms with Crippen molar-refractivity contribution in [1.82, 2.24) is 20.5 Å². The van der Waals surface area contributed by atoms with E-state index in [9.17, 15) is 4.79 Å². The molecule has 4 N–H and O–H groups in total. The lowest BCUT2D eigenvalue weighted by atomic mass is 10.3. The van der Waals surface area contributed by atoms with Crippen LogP contribution in [0.2, 0.25) is 0 Å². The zero-order valence-corrected chi connectivity index (χ0v) is 10.2. The molecule has 0 fully saturated rings. The van der Waals surface area contributed by atoms with Gasteiger partial charge in [0.15, 0.2) is 0 Å². The van der Waals surface area contributed by atoms with Crippen LogP contribution in [0.3, 0.4) is 0 Å². The first-order valence-corrected chi connectivity index (χ1v) is 6.03. The summed E-state index contributed by atoms with van der Waals surface area (Å²) in [5.74, 6) is 0.103. The molecule has 0 radical (unpaired) electrons. The molecule has 0 aliphatic carbocycles. The third-order valence-corrected chi connectivity index (χ3v) is 3.00. The number of hydrogen-bond donors (Lipinski definition) is 3. The van der Waals surface area contributed by atoms with Crippen molar-refractivity contribution in [2.24, 2.45) is 0 Å². The number of thiazole rings is 1. The fourth-order valence-electron chi connectivity index (χ4n) is 1.38. The number of nitrogens with zero attached hydrogens (tertiary/aromatic N) is 2. The van der Waals surface area contributed by atoms with Crippen molar-refractivity contribution in [2.45, 2.75) is 13.3 Å². The summed E-state index contributed by atoms with van der Waals surface area (Å²) in [7, 11) is 0. The van der Waals surface area contributed by atoms with Crippen molar-refractivity contribution in [1.29, 1.82) is 0 Å². The molecule has 2 aromatic heterocycles. The van der Waals surface area contributed by atoms with Gasteiger partial charge in [-0.1, -0.05) is 0 Å². The van der Waals surface area contributed by atoms with Gasteiger partial charge >= 0.3 is 0 Å². The number of H-pyrrole nitrogens is 1. The standard InChI is InChI=1S/C10H13N5OS/c1-6-13-7(5-17-6)2-3-12-10(16)8-4-9(11)15-14-8/h4-5H,2-3H2,1H3,(H,12,16)(H3,11,14,15). The van der Waals surface area contributed by atoms with E-state index in [1.165, 1.54) is 6.07 Å². The minimum absolute atomic E-state index is 0.207. The Balaban J connectivity index is 1.81. The molecule has 90 valence electrons. The monoisotopic (exact) mass is 251 g/mol. The summed E-state index contributed by atoms with van der Waals surface area (Å²) in [5, 5.41) is 12.0. The normalized spacial score (nSPS) is 10.4. The van der Waals surface area contributed by atoms with E-state index in [0.717, 1.165) is 17.1 Å². The molecular formula is C10H13N5OS. The lowest BCUT2D eigenvalue weighted by molar-refractivity contribution is 0.0949. The van der Waals surface area contributed by atoms with Crippen LogP contribution < -0.4 is 11.1 Å². The third-order valence-electron chi connectivity index (χ3n) is 2.18. The molecule has 2 rings (SSSR count). The van der Waals surface area contributed by atoms with Crippen molar-refractivity contribution in [3.05, 3.63) is 27.8 Å². The Labute approximate surface area is 102 Å². The fourth-order valence-corrected chi connectivity index (χ4v) is 2.02. The van der Waals surface area contributed by atoms with Crippen LogP contribution in [0.25, 0.3) is 0 Å². The Kier molecular flexibility index (Phi) is 3.38. The lowest BCUT2D eigenvalue weighted by Crippen LogP contribution is -2.26. The smallest absolute Gasteiger partial charge is 0.269 e. The predicted octanol–water partition coefficient (Wildman–Crippen LogP) is 0.729. The van der Waals surface area contributed by atoms with Crippen molar-refractivity contribution in [2.75, 3.05) is 12.3 Å². The summed E-state index contributed by atoms with van der Waals surface area (Å²) in [5.41, 5.74) is 6.78. The Morgan fingerprint density at radius 1 is 1.65 bits per heavy atom. The van der Waals surface area contributed by atoms with E-state index in [2.05, 4.69) is 20.5 Å². The zero-order valence-electron chi connectivity index (χ0n) is 9.36. The molecule has 0 spiro atoms. The highest BCUT2D eigenvalue weighted by molar-refractivity contribution is 7.09. The molecule has 6 nitrogen and oxygen atoms in total. The van der Waals surface area contributed by atoms with Crippen LogP contribution in [0.5, 0.6) is 0 Å². The Hall–Kier alpha value is -1.89. The number of nitrogens with one attached hydrogen (secondary N) is 2. The average molecular weight is 251 g/mol. The number of anilines is 1. The molecule has 0 saturated carbocycles. The van der Waals surface area contributed by atoms with E-state index >= 15 is 0 Å². The molecule has 0 aromatic carbocycles. The van der Waals surface area contributed by atoms with Gasteiger partial charge in [0, 0.05) is 24.4 Å². The largest absolute Gasteiger partial charge is 0.382 e. The van der Waals surface area contributed by atoms with Gasteiger partial charge in [-0.2, -0.15) is 5.10 Å². The molecule has 0 bridgehead atoms. The predicted molar refractivity (Wildman–Crippen MR) is 65.9 cm³/mol. The number of nitrogens with two attached hydrogens (primary N) is 1. The van der Waals surface area contributed by atoms with Gasteiger partial charge in [-0.25, -0.2) is 4.98 Å². The Morgan fingerprint density at radius 3 is 3.06 bits per heavy atom. The van der Waals surface area contributed by atoms with Gasteiger partial charge < -0.3 is 11.1 Å². The van der Waals surface area contributed by atoms with Crippen LogP contribution in [0, 0.1) is 6.92 Å². The number of amides is 1. The minimum atomic E-state index is -0.207. The summed E-state index contributed by atoms with van der Waals surface area (Å²) in [6, 6.07) is 1.50. The molecular weight excluding hydrogens is 238 g/mol. The molecule has 0 saturated heterocycles. The molecule has 0 aliphatic rings. The van der Waals surface area contributed by atoms with Crippen LogP contribution in [0.15, 0.2) is 11.4 Å². The molecule has 2 aromatic rings. The second-order valence-corrected chi connectivity index (χ2v) is 4.63. The summed E-state index contributed by atoms with van der Waals surface area (Å²) in [6.45, 7) is 2.50. The van der Waals surface area contributed by atoms with Crippen molar-refractivity contribution >= 4 is 23.1 Å². The first-order chi connectivity index (χ1) is 8.15. The first-order valence-electron chi connectivity index (χ1n) is 5.15. The van der Waals surface area contributed by atoms with Gasteiger partial charge in [-0.15, -0.1) is 11.3 Å². The van der Waals surface area contributed by atoms with Gasteiger partial charge in [0.05, 0.1) is 10.7 Å². The number of hydrogen-bond acceptors (Lipinski definition) is 5. The van der Waals surface area contributed by atoms with Gasteiger partial charge in [0.1, 0.15) is 11.5 Å². The second-order valence-electron chi connectivity index (χ2n) is 3.57. The van der Waals surface area contributed by atoms with Crippen molar-refractivity contribution in [3.63, 3.8) is 0 Å². The summed E-state index contributed by atoms with van der Waals surface area (Å²) in [6.07, 6.45) is 0.722. The number of nitrogen functional groups attached to an aromatic ring is 1. The van der Waals surface area contributed by atoms with Crippen LogP contribution in [-0.2, 0) is 6.42 Å². The lowest BCUT2D eigenvalue weighted by Gasteiger charge is -2.01. The molecule has 0 unspecified atom stereocenters. The number of carbonyl (C=O) groups is 1. The molecule has 2 heterocycles. The van der Waals surface area contributed by atoms with Gasteiger partial charge in [0.2, 0.25) is 0 Å². The van der Waals surface area contributed by atoms with Crippen molar-refractivity contribution < 1.29 is 4.79 Å². The molecule has 17 heavy (non-hydrogen) atoms. The summed E-state index contributed by atoms with van der Waals surface area (Å²) in [4.78, 5) is 15.9. The fraction of sp³-hybridized carbons (Fsp3) is 0.300. The molecule has 7 heteroatoms. The second kappa shape index (κ2) is 4.96. The Morgan fingerprint density at radius 2 is 2.47 bits per heavy atom. The Bertz CT molecular complexity index is 518. The van der Waals surface area contributed by atoms with E-state index in [0.29, 0.717) is 18.1 Å². The van der Waals surface area contributed by atoms with Crippen LogP contribution in [-0.4, -0.2) is 27.6 Å². The van der Waals surface area contributed by atoms with Crippen LogP contribution in [0.1, 0.15) is 21.2 Å². The number of aromatic amines is 1. The average Bonchev–Trinajstić information content (AvgIpc) is 2.88. The SMILES string of the molecule is Cc1nc(CCNC(=O)c2cc(N)n[nH]2)cs1. The van der Waals surface area contributed by atoms with E-state index in [1.807, 2.05) is 12.3 Å². The maximum atomic E-state index is 11.6. The van der Waals surface area contributed by atoms with Gasteiger partial charge in [0.25, 0.3) is 5.91 Å². The highest BCUT2D eigenvalue weighted by Gasteiger charge is 2.08. The zero-order chi connectivity index (χ0) is 12.3. The van der Waals surface area contributed by atoms with Crippen molar-refractivity contribution in [3.8, 4) is 0 Å². The number of aryl methyl sites for hydroxylation is 1. The van der Waals surface area contributed by atoms with Crippen LogP contribution >= 0.6 is 11.3 Å². The topological polar surface area (TPSA) is 96.7 Å². The van der Waals surface area contributed by atoms with Gasteiger partial charge in [-0.3, -0.25) is 9.89 Å². The van der Waals surface area contributed by atoms with E-state index in [1.54, 1.807) is 11.3 Å². The number of aromatic nitrogens is 3. The van der Waals surface area contributed by atoms with E-state index in [-0.39, 0.29) is 5.91 Å². The highest BCUT2D eigenvalue weighted by Crippen LogP contribution is 2.07. The molecule has 0 atom stereocenters. The molecule has 1 amide bonds. The highest BCUT2D eigenvalue weighted by atomic mass is 32.1.